The molecule has 2 atom stereocenters. The summed E-state index contributed by atoms with van der Waals surface area (Å²) < 4.78 is 31.0. The van der Waals surface area contributed by atoms with Gasteiger partial charge in [-0.1, -0.05) is 0 Å². The molecule has 2 unspecified atom stereocenters. The molecule has 2 aliphatic heterocycles. The Bertz CT molecular complexity index is 325. The highest BCUT2D eigenvalue weighted by atomic mass is 32.2. The van der Waals surface area contributed by atoms with Gasteiger partial charge in [0.2, 0.25) is 10.0 Å². The summed E-state index contributed by atoms with van der Waals surface area (Å²) in [4.78, 5) is 0. The van der Waals surface area contributed by atoms with Crippen LogP contribution in [0.2, 0.25) is 0 Å². The highest BCUT2D eigenvalue weighted by molar-refractivity contribution is 7.89. The van der Waals surface area contributed by atoms with Crippen LogP contribution >= 0.6 is 0 Å². The van der Waals surface area contributed by atoms with E-state index in [1.165, 1.54) is 0 Å². The monoisotopic (exact) mass is 248 g/mol. The second-order valence-corrected chi connectivity index (χ2v) is 6.78. The Labute approximate surface area is 97.0 Å². The van der Waals surface area contributed by atoms with Crippen molar-refractivity contribution >= 4 is 10.0 Å². The van der Waals surface area contributed by atoms with Crippen LogP contribution in [0.4, 0.5) is 0 Å². The maximum Gasteiger partial charge on any atom is 0.214 e. The maximum atomic E-state index is 12.1. The van der Waals surface area contributed by atoms with Gasteiger partial charge in [-0.2, -0.15) is 0 Å². The molecule has 2 N–H and O–H groups in total. The summed E-state index contributed by atoms with van der Waals surface area (Å²) in [5.74, 6) is 0.392. The van der Waals surface area contributed by atoms with E-state index in [1.54, 1.807) is 4.31 Å². The normalized spacial score (nSPS) is 33.1. The Kier molecular flexibility index (Phi) is 3.84. The second-order valence-electron chi connectivity index (χ2n) is 4.77. The van der Waals surface area contributed by atoms with E-state index in [0.29, 0.717) is 26.3 Å². The molecular formula is C10H20N2O3S. The molecule has 0 bridgehead atoms. The molecule has 2 aliphatic rings. The first-order valence-electron chi connectivity index (χ1n) is 5.89. The summed E-state index contributed by atoms with van der Waals surface area (Å²) in [5, 5.41) is 0. The smallest absolute Gasteiger partial charge is 0.214 e. The van der Waals surface area contributed by atoms with Crippen LogP contribution in [0.3, 0.4) is 0 Å². The van der Waals surface area contributed by atoms with Crippen LogP contribution < -0.4 is 5.73 Å². The van der Waals surface area contributed by atoms with Crippen LogP contribution in [0.15, 0.2) is 0 Å². The fourth-order valence-corrected chi connectivity index (χ4v) is 4.24. The van der Waals surface area contributed by atoms with Crippen LogP contribution in [0.5, 0.6) is 0 Å². The molecular weight excluding hydrogens is 228 g/mol. The third-order valence-corrected chi connectivity index (χ3v) is 5.30. The molecule has 0 amide bonds. The molecule has 0 saturated carbocycles. The van der Waals surface area contributed by atoms with E-state index in [1.807, 2.05) is 0 Å². The van der Waals surface area contributed by atoms with E-state index in [4.69, 9.17) is 10.5 Å². The van der Waals surface area contributed by atoms with Gasteiger partial charge in [0, 0.05) is 25.7 Å². The van der Waals surface area contributed by atoms with E-state index >= 15 is 0 Å². The minimum atomic E-state index is -3.13. The third kappa shape index (κ3) is 2.94. The third-order valence-electron chi connectivity index (χ3n) is 3.28. The zero-order chi connectivity index (χ0) is 11.6. The maximum absolute atomic E-state index is 12.1. The van der Waals surface area contributed by atoms with Gasteiger partial charge in [-0.15, -0.1) is 0 Å². The number of hydrogen-bond donors (Lipinski definition) is 1. The molecule has 0 radical (unpaired) electrons. The first-order chi connectivity index (χ1) is 7.58. The van der Waals surface area contributed by atoms with Gasteiger partial charge in [0.25, 0.3) is 0 Å². The Morgan fingerprint density at radius 2 is 2.19 bits per heavy atom. The zero-order valence-corrected chi connectivity index (χ0v) is 10.3. The van der Waals surface area contributed by atoms with Crippen molar-refractivity contribution in [2.75, 3.05) is 32.1 Å². The number of nitrogens with two attached hydrogens (primary N) is 1. The fraction of sp³-hybridized carbons (Fsp3) is 1.00. The van der Waals surface area contributed by atoms with Crippen molar-refractivity contribution in [1.82, 2.24) is 4.31 Å². The van der Waals surface area contributed by atoms with Gasteiger partial charge in [0.15, 0.2) is 0 Å². The van der Waals surface area contributed by atoms with Crippen molar-refractivity contribution in [3.63, 3.8) is 0 Å². The van der Waals surface area contributed by atoms with Gasteiger partial charge < -0.3 is 10.5 Å². The number of rotatable bonds is 3. The van der Waals surface area contributed by atoms with Crippen LogP contribution in [-0.4, -0.2) is 50.8 Å². The first-order valence-corrected chi connectivity index (χ1v) is 7.50. The largest absolute Gasteiger partial charge is 0.381 e. The topological polar surface area (TPSA) is 72.6 Å². The van der Waals surface area contributed by atoms with E-state index in [0.717, 1.165) is 19.3 Å². The van der Waals surface area contributed by atoms with Gasteiger partial charge in [-0.05, 0) is 25.2 Å². The molecule has 2 saturated heterocycles. The second kappa shape index (κ2) is 5.00. The summed E-state index contributed by atoms with van der Waals surface area (Å²) in [6.07, 6.45) is 2.67. The lowest BCUT2D eigenvalue weighted by atomic mass is 10.1. The summed E-state index contributed by atoms with van der Waals surface area (Å²) in [7, 11) is -3.13. The minimum absolute atomic E-state index is 0.00310. The number of ether oxygens (including phenoxy) is 1. The molecule has 0 spiro atoms. The quantitative estimate of drug-likeness (QED) is 0.749. The molecule has 6 heteroatoms. The highest BCUT2D eigenvalue weighted by Gasteiger charge is 2.31. The molecule has 16 heavy (non-hydrogen) atoms. The van der Waals surface area contributed by atoms with Gasteiger partial charge in [-0.3, -0.25) is 0 Å². The van der Waals surface area contributed by atoms with E-state index in [-0.39, 0.29) is 17.7 Å². The van der Waals surface area contributed by atoms with E-state index < -0.39 is 10.0 Å². The van der Waals surface area contributed by atoms with Gasteiger partial charge >= 0.3 is 0 Å². The van der Waals surface area contributed by atoms with Crippen LogP contribution in [0.25, 0.3) is 0 Å². The molecule has 5 nitrogen and oxygen atoms in total. The SMILES string of the molecule is NC1CCCN(S(=O)(=O)CC2CCOC2)C1. The lowest BCUT2D eigenvalue weighted by Crippen LogP contribution is -2.47. The molecule has 94 valence electrons. The predicted octanol–water partition coefficient (Wildman–Crippen LogP) is -0.224. The van der Waals surface area contributed by atoms with E-state index in [2.05, 4.69) is 0 Å². The molecule has 2 heterocycles. The van der Waals surface area contributed by atoms with Crippen molar-refractivity contribution in [3.05, 3.63) is 0 Å². The van der Waals surface area contributed by atoms with Crippen molar-refractivity contribution in [3.8, 4) is 0 Å². The van der Waals surface area contributed by atoms with Crippen molar-refractivity contribution in [2.45, 2.75) is 25.3 Å². The van der Waals surface area contributed by atoms with E-state index in [9.17, 15) is 8.42 Å². The van der Waals surface area contributed by atoms with Crippen molar-refractivity contribution in [2.24, 2.45) is 11.7 Å². The number of nitrogens with zero attached hydrogens (tertiary/aromatic N) is 1. The summed E-state index contributed by atoms with van der Waals surface area (Å²) in [6.45, 7) is 2.39. The number of piperidine rings is 1. The molecule has 0 aliphatic carbocycles. The first kappa shape index (κ1) is 12.3. The van der Waals surface area contributed by atoms with Crippen LogP contribution in [0, 0.1) is 5.92 Å². The standard InChI is InChI=1S/C10H20N2O3S/c11-10-2-1-4-12(6-10)16(13,14)8-9-3-5-15-7-9/h9-10H,1-8,11H2. The molecule has 0 aromatic carbocycles. The summed E-state index contributed by atoms with van der Waals surface area (Å²) in [6, 6.07) is 0.00310. The average molecular weight is 248 g/mol. The zero-order valence-electron chi connectivity index (χ0n) is 9.47. The van der Waals surface area contributed by atoms with Crippen molar-refractivity contribution < 1.29 is 13.2 Å². The molecule has 2 rings (SSSR count). The van der Waals surface area contributed by atoms with Crippen molar-refractivity contribution in [1.29, 1.82) is 0 Å². The Morgan fingerprint density at radius 3 is 2.81 bits per heavy atom. The fourth-order valence-electron chi connectivity index (χ4n) is 2.34. The Balaban J connectivity index is 1.94. The summed E-state index contributed by atoms with van der Waals surface area (Å²) in [5.41, 5.74) is 5.80. The van der Waals surface area contributed by atoms with Crippen LogP contribution in [-0.2, 0) is 14.8 Å². The van der Waals surface area contributed by atoms with Gasteiger partial charge in [0.05, 0.1) is 12.4 Å². The Hall–Kier alpha value is -0.170. The lowest BCUT2D eigenvalue weighted by molar-refractivity contribution is 0.188. The minimum Gasteiger partial charge on any atom is -0.381 e. The predicted molar refractivity (Wildman–Crippen MR) is 61.5 cm³/mol. The Morgan fingerprint density at radius 1 is 1.38 bits per heavy atom. The van der Waals surface area contributed by atoms with Crippen LogP contribution in [0.1, 0.15) is 19.3 Å². The molecule has 2 fully saturated rings. The van der Waals surface area contributed by atoms with Gasteiger partial charge in [0.1, 0.15) is 0 Å². The average Bonchev–Trinajstić information content (AvgIpc) is 2.70. The number of sulfonamides is 1. The molecule has 0 aromatic rings. The molecule has 0 aromatic heterocycles. The lowest BCUT2D eigenvalue weighted by Gasteiger charge is -2.30. The summed E-state index contributed by atoms with van der Waals surface area (Å²) >= 11 is 0. The van der Waals surface area contributed by atoms with Gasteiger partial charge in [-0.25, -0.2) is 12.7 Å². The highest BCUT2D eigenvalue weighted by Crippen LogP contribution is 2.19. The number of hydrogen-bond acceptors (Lipinski definition) is 4.